The molecule has 1 amide bonds. The summed E-state index contributed by atoms with van der Waals surface area (Å²) in [6.45, 7) is 10.3. The van der Waals surface area contributed by atoms with E-state index in [1.54, 1.807) is 18.7 Å². The maximum Gasteiger partial charge on any atom is 0.414 e. The second-order valence-electron chi connectivity index (χ2n) is 8.83. The molecular weight excluding hydrogens is 496 g/mol. The van der Waals surface area contributed by atoms with E-state index < -0.39 is 6.09 Å². The highest BCUT2D eigenvalue weighted by Gasteiger charge is 2.30. The van der Waals surface area contributed by atoms with Crippen LogP contribution in [0.4, 0.5) is 22.2 Å². The molecule has 1 aliphatic rings. The van der Waals surface area contributed by atoms with Gasteiger partial charge in [-0.1, -0.05) is 86.3 Å². The van der Waals surface area contributed by atoms with E-state index in [0.717, 1.165) is 55.9 Å². The number of hydrogen-bond donors (Lipinski definition) is 2. The third kappa shape index (κ3) is 7.11. The van der Waals surface area contributed by atoms with E-state index in [1.807, 2.05) is 36.4 Å². The van der Waals surface area contributed by atoms with Gasteiger partial charge in [-0.2, -0.15) is 4.98 Å². The molecule has 2 heterocycles. The average Bonchev–Trinajstić information content (AvgIpc) is 2.95. The lowest BCUT2D eigenvalue weighted by molar-refractivity contribution is 0.167. The Kier molecular flexibility index (Phi) is 10.1. The number of amides is 1. The highest BCUT2D eigenvalue weighted by atomic mass is 32.2. The first kappa shape index (κ1) is 27.6. The smallest absolute Gasteiger partial charge is 0.414 e. The lowest BCUT2D eigenvalue weighted by atomic mass is 10.0. The van der Waals surface area contributed by atoms with Crippen LogP contribution in [0.5, 0.6) is 0 Å². The van der Waals surface area contributed by atoms with Gasteiger partial charge in [-0.3, -0.25) is 5.32 Å². The second-order valence-corrected chi connectivity index (χ2v) is 9.92. The molecule has 0 radical (unpaired) electrons. The number of nitrogens with zero attached hydrogens (tertiary/aromatic N) is 4. The van der Waals surface area contributed by atoms with E-state index in [1.165, 1.54) is 0 Å². The quantitative estimate of drug-likeness (QED) is 0.202. The van der Waals surface area contributed by atoms with Crippen LogP contribution in [0.25, 0.3) is 0 Å². The Morgan fingerprint density at radius 2 is 1.68 bits per heavy atom. The van der Waals surface area contributed by atoms with E-state index in [0.29, 0.717) is 16.5 Å². The summed E-state index contributed by atoms with van der Waals surface area (Å²) in [7, 11) is 0. The van der Waals surface area contributed by atoms with E-state index in [2.05, 4.69) is 63.6 Å². The fourth-order valence-corrected chi connectivity index (χ4v) is 5.50. The number of ether oxygens (including phenoxy) is 1. The first-order valence-electron chi connectivity index (χ1n) is 13.3. The fourth-order valence-electron chi connectivity index (χ4n) is 4.29. The molecule has 1 aromatic heterocycles. The molecule has 0 spiro atoms. The number of nitrogens with one attached hydrogen (secondary N) is 2. The Bertz CT molecular complexity index is 1220. The molecular formula is C29H36N6O2S. The third-order valence-corrected chi connectivity index (χ3v) is 7.55. The van der Waals surface area contributed by atoms with E-state index >= 15 is 0 Å². The Morgan fingerprint density at radius 3 is 2.37 bits per heavy atom. The summed E-state index contributed by atoms with van der Waals surface area (Å²) in [6, 6.07) is 20.5. The van der Waals surface area contributed by atoms with E-state index in [9.17, 15) is 4.79 Å². The van der Waals surface area contributed by atoms with Crippen LogP contribution in [0, 0.1) is 0 Å². The lowest BCUT2D eigenvalue weighted by Crippen LogP contribution is -2.24. The summed E-state index contributed by atoms with van der Waals surface area (Å²) in [5, 5.41) is 6.80. The molecule has 4 rings (SSSR count). The second kappa shape index (κ2) is 13.9. The van der Waals surface area contributed by atoms with Gasteiger partial charge in [0.2, 0.25) is 5.95 Å². The lowest BCUT2D eigenvalue weighted by Gasteiger charge is -2.26. The van der Waals surface area contributed by atoms with Crippen molar-refractivity contribution >= 4 is 41.0 Å². The summed E-state index contributed by atoms with van der Waals surface area (Å²) in [6.07, 6.45) is 1.50. The molecule has 9 heteroatoms. The number of hydrogen-bond acceptors (Lipinski definition) is 8. The van der Waals surface area contributed by atoms with Crippen LogP contribution >= 0.6 is 11.8 Å². The normalized spacial score (nSPS) is 14.5. The van der Waals surface area contributed by atoms with Gasteiger partial charge >= 0.3 is 6.09 Å². The van der Waals surface area contributed by atoms with Crippen molar-refractivity contribution in [3.8, 4) is 0 Å². The van der Waals surface area contributed by atoms with Crippen molar-refractivity contribution in [3.63, 3.8) is 0 Å². The molecule has 1 unspecified atom stereocenters. The number of aliphatic imine (C=N–C) groups is 1. The maximum absolute atomic E-state index is 12.2. The maximum atomic E-state index is 12.2. The molecule has 0 fully saturated rings. The first-order valence-corrected chi connectivity index (χ1v) is 14.2. The monoisotopic (exact) mass is 532 g/mol. The van der Waals surface area contributed by atoms with Crippen molar-refractivity contribution in [1.29, 1.82) is 0 Å². The number of rotatable bonds is 12. The van der Waals surface area contributed by atoms with Crippen LogP contribution in [0.1, 0.15) is 50.0 Å². The van der Waals surface area contributed by atoms with Crippen LogP contribution in [-0.2, 0) is 4.74 Å². The number of benzene rings is 2. The summed E-state index contributed by atoms with van der Waals surface area (Å²) in [5.74, 6) is 0.808. The predicted molar refractivity (Wildman–Crippen MR) is 156 cm³/mol. The molecule has 200 valence electrons. The number of carbonyl (C=O) groups excluding carboxylic acids is 1. The van der Waals surface area contributed by atoms with Gasteiger partial charge in [0.25, 0.3) is 0 Å². The summed E-state index contributed by atoms with van der Waals surface area (Å²) < 4.78 is 5.06. The van der Waals surface area contributed by atoms with Crippen molar-refractivity contribution in [1.82, 2.24) is 14.9 Å². The highest BCUT2D eigenvalue weighted by molar-refractivity contribution is 8.00. The summed E-state index contributed by atoms with van der Waals surface area (Å²) >= 11 is 1.61. The minimum Gasteiger partial charge on any atom is -0.450 e. The average molecular weight is 533 g/mol. The molecule has 2 aromatic carbocycles. The van der Waals surface area contributed by atoms with Crippen molar-refractivity contribution in [2.24, 2.45) is 4.99 Å². The molecule has 3 aromatic rings. The first-order chi connectivity index (χ1) is 18.6. The van der Waals surface area contributed by atoms with Gasteiger partial charge in [0, 0.05) is 6.54 Å². The number of anilines is 2. The number of carbonyl (C=O) groups is 1. The zero-order valence-electron chi connectivity index (χ0n) is 22.3. The number of aromatic nitrogens is 2. The van der Waals surface area contributed by atoms with E-state index in [4.69, 9.17) is 9.73 Å². The Balaban J connectivity index is 1.67. The summed E-state index contributed by atoms with van der Waals surface area (Å²) in [5.41, 5.74) is 3.83. The Labute approximate surface area is 229 Å². The zero-order valence-corrected chi connectivity index (χ0v) is 23.1. The van der Waals surface area contributed by atoms with Crippen LogP contribution in [-0.4, -0.2) is 59.5 Å². The van der Waals surface area contributed by atoms with Crippen LogP contribution < -0.4 is 10.6 Å². The largest absolute Gasteiger partial charge is 0.450 e. The van der Waals surface area contributed by atoms with Gasteiger partial charge in [0.05, 0.1) is 17.6 Å². The molecule has 0 saturated carbocycles. The van der Waals surface area contributed by atoms with Crippen molar-refractivity contribution in [2.75, 3.05) is 43.4 Å². The highest BCUT2D eigenvalue weighted by Crippen LogP contribution is 2.48. The SMILES string of the molecule is CCOC(=O)Nc1nc(NCCCCN(CC)CC)c2c(n1)SC(c1ccccc1)C(c1ccccc1)=N2. The molecule has 0 bridgehead atoms. The standard InChI is InChI=1S/C29H36N6O2S/c1-4-35(5-2)20-14-13-19-30-26-24-27(33-28(32-26)34-29(36)37-6-3)38-25(22-17-11-8-12-18-22)23(31-24)21-15-9-7-10-16-21/h7-12,15-18,25H,4-6,13-14,19-20H2,1-3H3,(H2,30,32,33,34,36). The Hall–Kier alpha value is -3.43. The molecule has 1 atom stereocenters. The predicted octanol–water partition coefficient (Wildman–Crippen LogP) is 6.55. The summed E-state index contributed by atoms with van der Waals surface area (Å²) in [4.78, 5) is 29.0. The van der Waals surface area contributed by atoms with Gasteiger partial charge in [0.1, 0.15) is 10.7 Å². The molecule has 1 aliphatic heterocycles. The van der Waals surface area contributed by atoms with Crippen molar-refractivity contribution in [3.05, 3.63) is 71.8 Å². The van der Waals surface area contributed by atoms with Crippen molar-refractivity contribution < 1.29 is 9.53 Å². The van der Waals surface area contributed by atoms with Gasteiger partial charge in [-0.15, -0.1) is 0 Å². The number of thioether (sulfide) groups is 1. The fraction of sp³-hybridized carbons (Fsp3) is 0.379. The molecule has 38 heavy (non-hydrogen) atoms. The minimum absolute atomic E-state index is 0.0571. The molecule has 0 saturated heterocycles. The molecule has 0 aliphatic carbocycles. The van der Waals surface area contributed by atoms with Crippen LogP contribution in [0.2, 0.25) is 0 Å². The number of fused-ring (bicyclic) bond motifs is 1. The topological polar surface area (TPSA) is 91.7 Å². The van der Waals surface area contributed by atoms with Gasteiger partial charge in [0.15, 0.2) is 5.82 Å². The van der Waals surface area contributed by atoms with Gasteiger partial charge in [-0.25, -0.2) is 14.8 Å². The molecule has 2 N–H and O–H groups in total. The van der Waals surface area contributed by atoms with Crippen LogP contribution in [0.3, 0.4) is 0 Å². The zero-order chi connectivity index (χ0) is 26.7. The Morgan fingerprint density at radius 1 is 0.974 bits per heavy atom. The number of unbranched alkanes of at least 4 members (excludes halogenated alkanes) is 1. The minimum atomic E-state index is -0.577. The van der Waals surface area contributed by atoms with Crippen molar-refractivity contribution in [2.45, 2.75) is 43.9 Å². The van der Waals surface area contributed by atoms with Gasteiger partial charge in [-0.05, 0) is 50.5 Å². The molecule has 8 nitrogen and oxygen atoms in total. The van der Waals surface area contributed by atoms with E-state index in [-0.39, 0.29) is 17.8 Å². The third-order valence-electron chi connectivity index (χ3n) is 6.31. The van der Waals surface area contributed by atoms with Gasteiger partial charge < -0.3 is 15.0 Å². The van der Waals surface area contributed by atoms with Crippen LogP contribution in [0.15, 0.2) is 70.7 Å².